The van der Waals surface area contributed by atoms with E-state index >= 15 is 0 Å². The standard InChI is InChI=1S/C21H24F2N2O4S2/c22-15-3-5-19(18(23)13-15)29-16-7-11-24(12-8-16)20(26)14-17-4-6-21(30-17)31(27,28)25-9-1-2-10-25/h3-6,13,16H,1-2,7-12,14H2. The van der Waals surface area contributed by atoms with E-state index in [1.807, 2.05) is 0 Å². The van der Waals surface area contributed by atoms with Crippen molar-refractivity contribution in [3.8, 4) is 5.75 Å². The summed E-state index contributed by atoms with van der Waals surface area (Å²) >= 11 is 1.15. The van der Waals surface area contributed by atoms with Gasteiger partial charge >= 0.3 is 0 Å². The Balaban J connectivity index is 1.30. The molecule has 168 valence electrons. The molecule has 2 saturated heterocycles. The van der Waals surface area contributed by atoms with Crippen molar-refractivity contribution in [2.24, 2.45) is 0 Å². The largest absolute Gasteiger partial charge is 0.487 e. The zero-order chi connectivity index (χ0) is 22.0. The van der Waals surface area contributed by atoms with Gasteiger partial charge in [0.1, 0.15) is 16.1 Å². The molecule has 0 bridgehead atoms. The first kappa shape index (κ1) is 22.2. The van der Waals surface area contributed by atoms with Crippen molar-refractivity contribution in [2.75, 3.05) is 26.2 Å². The second kappa shape index (κ2) is 9.22. The lowest BCUT2D eigenvalue weighted by Crippen LogP contribution is -2.42. The molecule has 10 heteroatoms. The van der Waals surface area contributed by atoms with Crippen LogP contribution in [0, 0.1) is 11.6 Å². The molecule has 6 nitrogen and oxygen atoms in total. The molecule has 0 spiro atoms. The highest BCUT2D eigenvalue weighted by Crippen LogP contribution is 2.28. The number of amides is 1. The van der Waals surface area contributed by atoms with E-state index in [0.29, 0.717) is 39.0 Å². The molecule has 0 saturated carbocycles. The molecular weight excluding hydrogens is 446 g/mol. The first-order chi connectivity index (χ1) is 14.8. The van der Waals surface area contributed by atoms with E-state index in [-0.39, 0.29) is 28.4 Å². The van der Waals surface area contributed by atoms with Crippen molar-refractivity contribution in [3.05, 3.63) is 46.8 Å². The van der Waals surface area contributed by atoms with Crippen LogP contribution in [-0.4, -0.2) is 55.8 Å². The van der Waals surface area contributed by atoms with E-state index in [1.54, 1.807) is 17.0 Å². The lowest BCUT2D eigenvalue weighted by molar-refractivity contribution is -0.132. The Morgan fingerprint density at radius 1 is 1.06 bits per heavy atom. The molecule has 0 unspecified atom stereocenters. The molecule has 31 heavy (non-hydrogen) atoms. The molecule has 0 radical (unpaired) electrons. The van der Waals surface area contributed by atoms with Crippen LogP contribution in [0.5, 0.6) is 5.75 Å². The van der Waals surface area contributed by atoms with Gasteiger partial charge in [-0.3, -0.25) is 4.79 Å². The fourth-order valence-electron chi connectivity index (χ4n) is 3.88. The molecule has 0 N–H and O–H groups in total. The van der Waals surface area contributed by atoms with Crippen LogP contribution < -0.4 is 4.74 Å². The summed E-state index contributed by atoms with van der Waals surface area (Å²) in [6.45, 7) is 2.04. The molecule has 1 aromatic carbocycles. The summed E-state index contributed by atoms with van der Waals surface area (Å²) in [4.78, 5) is 15.1. The predicted octanol–water partition coefficient (Wildman–Crippen LogP) is 3.42. The van der Waals surface area contributed by atoms with E-state index in [9.17, 15) is 22.0 Å². The van der Waals surface area contributed by atoms with Crippen molar-refractivity contribution < 1.29 is 26.7 Å². The summed E-state index contributed by atoms with van der Waals surface area (Å²) in [5.74, 6) is -1.46. The maximum atomic E-state index is 13.8. The van der Waals surface area contributed by atoms with Gasteiger partial charge in [0.05, 0.1) is 6.42 Å². The first-order valence-corrected chi connectivity index (χ1v) is 12.6. The topological polar surface area (TPSA) is 66.9 Å². The van der Waals surface area contributed by atoms with Crippen LogP contribution in [0.4, 0.5) is 8.78 Å². The molecule has 0 atom stereocenters. The van der Waals surface area contributed by atoms with Gasteiger partial charge in [0.15, 0.2) is 11.6 Å². The summed E-state index contributed by atoms with van der Waals surface area (Å²) in [5, 5.41) is 0. The quantitative estimate of drug-likeness (QED) is 0.649. The number of piperidine rings is 1. The number of rotatable bonds is 6. The van der Waals surface area contributed by atoms with Gasteiger partial charge in [0.25, 0.3) is 10.0 Å². The Labute approximate surface area is 184 Å². The second-order valence-corrected chi connectivity index (χ2v) is 11.1. The number of benzene rings is 1. The number of hydrogen-bond donors (Lipinski definition) is 0. The zero-order valence-corrected chi connectivity index (χ0v) is 18.6. The maximum Gasteiger partial charge on any atom is 0.252 e. The minimum atomic E-state index is -3.47. The van der Waals surface area contributed by atoms with Gasteiger partial charge in [-0.05, 0) is 37.1 Å². The summed E-state index contributed by atoms with van der Waals surface area (Å²) < 4.78 is 59.5. The number of nitrogens with zero attached hydrogens (tertiary/aromatic N) is 2. The van der Waals surface area contributed by atoms with Crippen LogP contribution in [0.2, 0.25) is 0 Å². The molecule has 1 amide bonds. The van der Waals surface area contributed by atoms with Crippen molar-refractivity contribution in [1.29, 1.82) is 0 Å². The third kappa shape index (κ3) is 5.07. The first-order valence-electron chi connectivity index (χ1n) is 10.3. The average Bonchev–Trinajstić information content (AvgIpc) is 3.43. The number of sulfonamides is 1. The highest BCUT2D eigenvalue weighted by Gasteiger charge is 2.29. The van der Waals surface area contributed by atoms with Crippen molar-refractivity contribution >= 4 is 27.3 Å². The summed E-state index contributed by atoms with van der Waals surface area (Å²) in [5.41, 5.74) is 0. The molecule has 3 heterocycles. The van der Waals surface area contributed by atoms with Crippen molar-refractivity contribution in [2.45, 2.75) is 42.4 Å². The highest BCUT2D eigenvalue weighted by molar-refractivity contribution is 7.91. The monoisotopic (exact) mass is 470 g/mol. The van der Waals surface area contributed by atoms with Crippen LogP contribution in [-0.2, 0) is 21.2 Å². The molecular formula is C21H24F2N2O4S2. The third-order valence-electron chi connectivity index (χ3n) is 5.60. The average molecular weight is 471 g/mol. The van der Waals surface area contributed by atoms with Gasteiger partial charge in [0.2, 0.25) is 5.91 Å². The van der Waals surface area contributed by atoms with Gasteiger partial charge in [-0.2, -0.15) is 4.31 Å². The van der Waals surface area contributed by atoms with E-state index in [1.165, 1.54) is 10.4 Å². The number of carbonyl (C=O) groups is 1. The fraction of sp³-hybridized carbons (Fsp3) is 0.476. The third-order valence-corrected chi connectivity index (χ3v) is 9.06. The van der Waals surface area contributed by atoms with Gasteiger partial charge in [0, 0.05) is 50.0 Å². The molecule has 2 aliphatic rings. The zero-order valence-electron chi connectivity index (χ0n) is 16.9. The molecule has 2 aromatic rings. The number of hydrogen-bond acceptors (Lipinski definition) is 5. The van der Waals surface area contributed by atoms with Gasteiger partial charge in [-0.1, -0.05) is 0 Å². The Hall–Kier alpha value is -2.04. The molecule has 1 aromatic heterocycles. The molecule has 4 rings (SSSR count). The van der Waals surface area contributed by atoms with Gasteiger partial charge in [-0.15, -0.1) is 11.3 Å². The number of ether oxygens (including phenoxy) is 1. The number of likely N-dealkylation sites (tertiary alicyclic amines) is 1. The Morgan fingerprint density at radius 2 is 1.77 bits per heavy atom. The van der Waals surface area contributed by atoms with Crippen LogP contribution in [0.1, 0.15) is 30.6 Å². The smallest absolute Gasteiger partial charge is 0.252 e. The molecule has 2 fully saturated rings. The summed E-state index contributed by atoms with van der Waals surface area (Å²) in [7, 11) is -3.47. The molecule has 2 aliphatic heterocycles. The fourth-order valence-corrected chi connectivity index (χ4v) is 6.90. The van der Waals surface area contributed by atoms with Crippen molar-refractivity contribution in [1.82, 2.24) is 9.21 Å². The van der Waals surface area contributed by atoms with E-state index in [4.69, 9.17) is 4.74 Å². The SMILES string of the molecule is O=C(Cc1ccc(S(=O)(=O)N2CCCC2)s1)N1CCC(Oc2ccc(F)cc2F)CC1. The Bertz CT molecular complexity index is 1040. The minimum Gasteiger partial charge on any atom is -0.487 e. The molecule has 0 aliphatic carbocycles. The Morgan fingerprint density at radius 3 is 2.45 bits per heavy atom. The number of thiophene rings is 1. The van der Waals surface area contributed by atoms with Gasteiger partial charge < -0.3 is 9.64 Å². The van der Waals surface area contributed by atoms with Crippen molar-refractivity contribution in [3.63, 3.8) is 0 Å². The summed E-state index contributed by atoms with van der Waals surface area (Å²) in [6.07, 6.45) is 2.75. The van der Waals surface area contributed by atoms with Crippen LogP contribution in [0.25, 0.3) is 0 Å². The number of carbonyl (C=O) groups excluding carboxylic acids is 1. The lowest BCUT2D eigenvalue weighted by Gasteiger charge is -2.32. The van der Waals surface area contributed by atoms with Crippen LogP contribution in [0.15, 0.2) is 34.5 Å². The Kier molecular flexibility index (Phi) is 6.59. The van der Waals surface area contributed by atoms with E-state index < -0.39 is 21.7 Å². The maximum absolute atomic E-state index is 13.8. The minimum absolute atomic E-state index is 0.0107. The highest BCUT2D eigenvalue weighted by atomic mass is 32.2. The van der Waals surface area contributed by atoms with Crippen LogP contribution in [0.3, 0.4) is 0 Å². The van der Waals surface area contributed by atoms with E-state index in [0.717, 1.165) is 41.2 Å². The normalized spacial score (nSPS) is 18.5. The predicted molar refractivity (Wildman–Crippen MR) is 113 cm³/mol. The van der Waals surface area contributed by atoms with E-state index in [2.05, 4.69) is 0 Å². The lowest BCUT2D eigenvalue weighted by atomic mass is 10.1. The van der Waals surface area contributed by atoms with Crippen LogP contribution >= 0.6 is 11.3 Å². The van der Waals surface area contributed by atoms with Gasteiger partial charge in [-0.25, -0.2) is 17.2 Å². The number of halogens is 2. The second-order valence-electron chi connectivity index (χ2n) is 7.78. The summed E-state index contributed by atoms with van der Waals surface area (Å²) in [6, 6.07) is 6.49.